The zero-order chi connectivity index (χ0) is 10.4. The lowest BCUT2D eigenvalue weighted by Gasteiger charge is -2.03. The minimum atomic E-state index is 0.546. The second-order valence-corrected chi connectivity index (χ2v) is 4.43. The quantitative estimate of drug-likeness (QED) is 0.867. The smallest absolute Gasteiger partial charge is 0.0175 e. The Balaban J connectivity index is 2.40. The van der Waals surface area contributed by atoms with Crippen LogP contribution < -0.4 is 5.32 Å². The fraction of sp³-hybridized carbons (Fsp3) is 0.333. The molecule has 0 aliphatic heterocycles. The molecule has 2 heteroatoms. The van der Waals surface area contributed by atoms with Gasteiger partial charge in [0.25, 0.3) is 0 Å². The van der Waals surface area contributed by atoms with Gasteiger partial charge in [-0.1, -0.05) is 54.1 Å². The molecule has 0 fully saturated rings. The van der Waals surface area contributed by atoms with E-state index in [0.717, 1.165) is 11.0 Å². The Kier molecular flexibility index (Phi) is 4.91. The highest BCUT2D eigenvalue weighted by molar-refractivity contribution is 9.10. The third kappa shape index (κ3) is 4.58. The first kappa shape index (κ1) is 11.5. The Bertz CT molecular complexity index is 288. The van der Waals surface area contributed by atoms with Gasteiger partial charge in [0.1, 0.15) is 0 Å². The minimum Gasteiger partial charge on any atom is -0.311 e. The van der Waals surface area contributed by atoms with Crippen LogP contribution in [0.4, 0.5) is 0 Å². The standard InChI is InChI=1S/C12H16BrN/c1-10(2)14-9-3-4-11-5-7-12(13)8-6-11/h3-8,10,14H,9H2,1-2H3. The Morgan fingerprint density at radius 1 is 1.29 bits per heavy atom. The van der Waals surface area contributed by atoms with E-state index >= 15 is 0 Å². The molecule has 1 aromatic carbocycles. The van der Waals surface area contributed by atoms with Gasteiger partial charge in [-0.05, 0) is 17.7 Å². The Hall–Kier alpha value is -0.600. The fourth-order valence-corrected chi connectivity index (χ4v) is 1.34. The van der Waals surface area contributed by atoms with Crippen LogP contribution in [0.25, 0.3) is 6.08 Å². The fourth-order valence-electron chi connectivity index (χ4n) is 1.07. The van der Waals surface area contributed by atoms with Gasteiger partial charge in [-0.25, -0.2) is 0 Å². The first-order valence-electron chi connectivity index (χ1n) is 4.84. The van der Waals surface area contributed by atoms with Gasteiger partial charge in [0.15, 0.2) is 0 Å². The van der Waals surface area contributed by atoms with Crippen molar-refractivity contribution in [2.24, 2.45) is 0 Å². The normalized spacial score (nSPS) is 11.4. The van der Waals surface area contributed by atoms with Crippen LogP contribution >= 0.6 is 15.9 Å². The monoisotopic (exact) mass is 253 g/mol. The van der Waals surface area contributed by atoms with E-state index in [1.54, 1.807) is 0 Å². The van der Waals surface area contributed by atoms with Gasteiger partial charge in [-0.3, -0.25) is 0 Å². The Morgan fingerprint density at radius 2 is 1.93 bits per heavy atom. The summed E-state index contributed by atoms with van der Waals surface area (Å²) in [7, 11) is 0. The van der Waals surface area contributed by atoms with E-state index in [9.17, 15) is 0 Å². The molecule has 0 saturated heterocycles. The molecule has 1 nitrogen and oxygen atoms in total. The first-order valence-corrected chi connectivity index (χ1v) is 5.63. The summed E-state index contributed by atoms with van der Waals surface area (Å²) in [6.45, 7) is 5.22. The van der Waals surface area contributed by atoms with E-state index in [1.807, 2.05) is 0 Å². The van der Waals surface area contributed by atoms with Crippen molar-refractivity contribution in [2.75, 3.05) is 6.54 Å². The predicted octanol–water partition coefficient (Wildman–Crippen LogP) is 3.46. The molecule has 1 aromatic rings. The number of nitrogens with one attached hydrogen (secondary N) is 1. The van der Waals surface area contributed by atoms with Crippen molar-refractivity contribution in [3.63, 3.8) is 0 Å². The van der Waals surface area contributed by atoms with Gasteiger partial charge in [0, 0.05) is 17.1 Å². The van der Waals surface area contributed by atoms with E-state index < -0.39 is 0 Å². The maximum atomic E-state index is 3.41. The van der Waals surface area contributed by atoms with Crippen molar-refractivity contribution in [1.82, 2.24) is 5.32 Å². The molecule has 0 unspecified atom stereocenters. The topological polar surface area (TPSA) is 12.0 Å². The highest BCUT2D eigenvalue weighted by atomic mass is 79.9. The molecule has 0 heterocycles. The molecule has 0 radical (unpaired) electrons. The predicted molar refractivity (Wildman–Crippen MR) is 66.3 cm³/mol. The lowest BCUT2D eigenvalue weighted by Crippen LogP contribution is -2.22. The van der Waals surface area contributed by atoms with Crippen LogP contribution in [0.3, 0.4) is 0 Å². The van der Waals surface area contributed by atoms with E-state index in [-0.39, 0.29) is 0 Å². The molecule has 0 bridgehead atoms. The lowest BCUT2D eigenvalue weighted by atomic mass is 10.2. The third-order valence-corrected chi connectivity index (χ3v) is 2.35. The zero-order valence-corrected chi connectivity index (χ0v) is 10.2. The summed E-state index contributed by atoms with van der Waals surface area (Å²) in [4.78, 5) is 0. The maximum absolute atomic E-state index is 3.41. The van der Waals surface area contributed by atoms with Crippen molar-refractivity contribution in [1.29, 1.82) is 0 Å². The molecule has 0 aliphatic carbocycles. The number of rotatable bonds is 4. The number of hydrogen-bond donors (Lipinski definition) is 1. The average Bonchev–Trinajstić information content (AvgIpc) is 2.15. The van der Waals surface area contributed by atoms with Gasteiger partial charge in [-0.15, -0.1) is 0 Å². The summed E-state index contributed by atoms with van der Waals surface area (Å²) in [6.07, 6.45) is 4.27. The molecule has 14 heavy (non-hydrogen) atoms. The molecule has 0 saturated carbocycles. The SMILES string of the molecule is CC(C)NCC=Cc1ccc(Br)cc1. The Labute approximate surface area is 94.3 Å². The van der Waals surface area contributed by atoms with Crippen molar-refractivity contribution in [3.8, 4) is 0 Å². The third-order valence-electron chi connectivity index (χ3n) is 1.82. The van der Waals surface area contributed by atoms with Gasteiger partial charge >= 0.3 is 0 Å². The minimum absolute atomic E-state index is 0.546. The van der Waals surface area contributed by atoms with Crippen LogP contribution in [0, 0.1) is 0 Å². The van der Waals surface area contributed by atoms with Crippen molar-refractivity contribution in [2.45, 2.75) is 19.9 Å². The van der Waals surface area contributed by atoms with Crippen LogP contribution in [0.5, 0.6) is 0 Å². The van der Waals surface area contributed by atoms with Crippen molar-refractivity contribution in [3.05, 3.63) is 40.4 Å². The molecule has 0 amide bonds. The zero-order valence-electron chi connectivity index (χ0n) is 8.63. The van der Waals surface area contributed by atoms with E-state index in [1.165, 1.54) is 5.56 Å². The summed E-state index contributed by atoms with van der Waals surface area (Å²) in [5.41, 5.74) is 1.23. The summed E-state index contributed by atoms with van der Waals surface area (Å²) >= 11 is 3.41. The maximum Gasteiger partial charge on any atom is 0.0175 e. The van der Waals surface area contributed by atoms with Gasteiger partial charge < -0.3 is 5.32 Å². The summed E-state index contributed by atoms with van der Waals surface area (Å²) in [5, 5.41) is 3.33. The number of benzene rings is 1. The Morgan fingerprint density at radius 3 is 2.50 bits per heavy atom. The van der Waals surface area contributed by atoms with Gasteiger partial charge in [0.05, 0.1) is 0 Å². The second-order valence-electron chi connectivity index (χ2n) is 3.52. The molecular formula is C12H16BrN. The van der Waals surface area contributed by atoms with E-state index in [0.29, 0.717) is 6.04 Å². The van der Waals surface area contributed by atoms with Gasteiger partial charge in [-0.2, -0.15) is 0 Å². The van der Waals surface area contributed by atoms with Crippen molar-refractivity contribution >= 4 is 22.0 Å². The molecule has 0 aliphatic rings. The van der Waals surface area contributed by atoms with Crippen LogP contribution in [0.2, 0.25) is 0 Å². The summed E-state index contributed by atoms with van der Waals surface area (Å²) < 4.78 is 1.12. The average molecular weight is 254 g/mol. The molecular weight excluding hydrogens is 238 g/mol. The van der Waals surface area contributed by atoms with Crippen LogP contribution in [-0.2, 0) is 0 Å². The van der Waals surface area contributed by atoms with E-state index in [4.69, 9.17) is 0 Å². The van der Waals surface area contributed by atoms with Gasteiger partial charge in [0.2, 0.25) is 0 Å². The van der Waals surface area contributed by atoms with Crippen molar-refractivity contribution < 1.29 is 0 Å². The number of hydrogen-bond acceptors (Lipinski definition) is 1. The molecule has 1 N–H and O–H groups in total. The largest absolute Gasteiger partial charge is 0.311 e. The highest BCUT2D eigenvalue weighted by Gasteiger charge is 1.88. The summed E-state index contributed by atoms with van der Waals surface area (Å²) in [6, 6.07) is 8.83. The highest BCUT2D eigenvalue weighted by Crippen LogP contribution is 2.11. The molecule has 0 spiro atoms. The number of halogens is 1. The molecule has 76 valence electrons. The van der Waals surface area contributed by atoms with E-state index in [2.05, 4.69) is 71.5 Å². The molecule has 1 rings (SSSR count). The summed E-state index contributed by atoms with van der Waals surface area (Å²) in [5.74, 6) is 0. The second kappa shape index (κ2) is 5.99. The molecule has 0 aromatic heterocycles. The van der Waals surface area contributed by atoms with Crippen LogP contribution in [-0.4, -0.2) is 12.6 Å². The lowest BCUT2D eigenvalue weighted by molar-refractivity contribution is 0.633. The first-order chi connectivity index (χ1) is 6.68. The molecule has 0 atom stereocenters. The van der Waals surface area contributed by atoms with Crippen LogP contribution in [0.15, 0.2) is 34.8 Å². The van der Waals surface area contributed by atoms with Crippen LogP contribution in [0.1, 0.15) is 19.4 Å².